The molecule has 0 amide bonds. The van der Waals surface area contributed by atoms with E-state index in [1.807, 2.05) is 0 Å². The molecule has 0 spiro atoms. The Morgan fingerprint density at radius 3 is 1.68 bits per heavy atom. The summed E-state index contributed by atoms with van der Waals surface area (Å²) < 4.78 is 12.0. The monoisotopic (exact) mass is 282 g/mol. The highest BCUT2D eigenvalue weighted by molar-refractivity contribution is 7.54. The minimum absolute atomic E-state index is 0.451. The van der Waals surface area contributed by atoms with Gasteiger partial charge < -0.3 is 4.89 Å². The van der Waals surface area contributed by atoms with Crippen molar-refractivity contribution in [1.29, 1.82) is 0 Å². The minimum Gasteiger partial charge on any atom is -0.313 e. The fourth-order valence-corrected chi connectivity index (χ4v) is 2.20. The largest absolute Gasteiger partial charge is 0.389 e. The summed E-state index contributed by atoms with van der Waals surface area (Å²) in [6.07, 6.45) is 9.19. The molecule has 0 bridgehead atoms. The van der Waals surface area contributed by atoms with Crippen molar-refractivity contribution in [3.63, 3.8) is 0 Å². The van der Waals surface area contributed by atoms with Crippen molar-refractivity contribution >= 4 is 21.1 Å². The van der Waals surface area contributed by atoms with Gasteiger partial charge in [0.1, 0.15) is 0 Å². The third kappa shape index (κ3) is 7.91. The minimum atomic E-state index is -3.78. The molecule has 0 fully saturated rings. The van der Waals surface area contributed by atoms with Crippen LogP contribution < -0.4 is 10.2 Å². The number of nitrogens with one attached hydrogen (secondary N) is 2. The molecule has 0 rings (SSSR count). The summed E-state index contributed by atoms with van der Waals surface area (Å²) in [4.78, 5) is 16.9. The summed E-state index contributed by atoms with van der Waals surface area (Å²) in [5, 5.41) is 4.97. The molecule has 7 heteroatoms. The maximum atomic E-state index is 12.0. The highest BCUT2D eigenvalue weighted by atomic mass is 31.2. The first-order valence-corrected chi connectivity index (χ1v) is 7.11. The second-order valence-corrected chi connectivity index (χ2v) is 4.88. The second kappa shape index (κ2) is 9.08. The highest BCUT2D eigenvalue weighted by Gasteiger charge is 2.18. The Hall–Kier alpha value is -1.91. The SMILES string of the molecule is C=N/C=C\C(=C/C)NP(=O)(O)NC(/C=C\N=C)=C/C. The fraction of sp³-hybridized carbons (Fsp3) is 0.167. The highest BCUT2D eigenvalue weighted by Crippen LogP contribution is 2.33. The molecule has 104 valence electrons. The zero-order chi connectivity index (χ0) is 14.7. The van der Waals surface area contributed by atoms with Gasteiger partial charge in [0.15, 0.2) is 0 Å². The topological polar surface area (TPSA) is 86.1 Å². The maximum absolute atomic E-state index is 12.0. The van der Waals surface area contributed by atoms with Crippen molar-refractivity contribution < 1.29 is 9.46 Å². The molecule has 0 aromatic carbocycles. The van der Waals surface area contributed by atoms with Gasteiger partial charge in [0.25, 0.3) is 0 Å². The molecule has 6 nitrogen and oxygen atoms in total. The molecule has 0 aromatic rings. The van der Waals surface area contributed by atoms with Crippen LogP contribution in [0.1, 0.15) is 13.8 Å². The molecule has 0 saturated heterocycles. The summed E-state index contributed by atoms with van der Waals surface area (Å²) in [6, 6.07) is 0. The van der Waals surface area contributed by atoms with Crippen LogP contribution in [0.15, 0.2) is 58.1 Å². The molecule has 3 N–H and O–H groups in total. The van der Waals surface area contributed by atoms with Crippen LogP contribution in [0, 0.1) is 0 Å². The van der Waals surface area contributed by atoms with Crippen LogP contribution in [0.5, 0.6) is 0 Å². The Bertz CT molecular complexity index is 438. The van der Waals surface area contributed by atoms with E-state index < -0.39 is 7.67 Å². The smallest absolute Gasteiger partial charge is 0.313 e. The van der Waals surface area contributed by atoms with Crippen molar-refractivity contribution in [3.05, 3.63) is 48.1 Å². The van der Waals surface area contributed by atoms with Gasteiger partial charge in [-0.05, 0) is 39.4 Å². The van der Waals surface area contributed by atoms with E-state index >= 15 is 0 Å². The van der Waals surface area contributed by atoms with Crippen molar-refractivity contribution in [2.75, 3.05) is 0 Å². The molecule has 19 heavy (non-hydrogen) atoms. The van der Waals surface area contributed by atoms with Crippen molar-refractivity contribution in [2.24, 2.45) is 9.98 Å². The van der Waals surface area contributed by atoms with Gasteiger partial charge >= 0.3 is 7.67 Å². The van der Waals surface area contributed by atoms with E-state index in [0.29, 0.717) is 11.4 Å². The van der Waals surface area contributed by atoms with E-state index in [0.717, 1.165) is 0 Å². The first kappa shape index (κ1) is 17.1. The van der Waals surface area contributed by atoms with E-state index in [4.69, 9.17) is 0 Å². The third-order valence-corrected chi connectivity index (χ3v) is 3.02. The zero-order valence-corrected chi connectivity index (χ0v) is 12.0. The number of nitrogens with zero attached hydrogens (tertiary/aromatic N) is 2. The molecule has 0 aliphatic rings. The van der Waals surface area contributed by atoms with Gasteiger partial charge in [-0.1, -0.05) is 12.2 Å². The number of allylic oxidation sites excluding steroid dienone is 4. The summed E-state index contributed by atoms with van der Waals surface area (Å²) in [7, 11) is -3.78. The standard InChI is InChI=1S/C12H19N4O2P/c1-5-11(7-9-13-3)15-19(17,18)16-12(6-2)8-10-14-4/h5-10H,3-4H2,1-2H3,(H3,15,16,17,18)/b9-7-,10-8-,11-5+,12-6+. The van der Waals surface area contributed by atoms with Crippen LogP contribution in [-0.4, -0.2) is 18.3 Å². The van der Waals surface area contributed by atoms with Gasteiger partial charge in [-0.25, -0.2) is 4.57 Å². The van der Waals surface area contributed by atoms with Crippen molar-refractivity contribution in [2.45, 2.75) is 13.8 Å². The number of hydrogen-bond acceptors (Lipinski definition) is 3. The van der Waals surface area contributed by atoms with Gasteiger partial charge in [-0.3, -0.25) is 20.2 Å². The van der Waals surface area contributed by atoms with Gasteiger partial charge in [-0.15, -0.1) is 0 Å². The number of rotatable bonds is 8. The molecule has 0 heterocycles. The van der Waals surface area contributed by atoms with Gasteiger partial charge in [0.2, 0.25) is 0 Å². The lowest BCUT2D eigenvalue weighted by Gasteiger charge is -2.17. The lowest BCUT2D eigenvalue weighted by atomic mass is 10.4. The molecule has 0 aliphatic heterocycles. The van der Waals surface area contributed by atoms with Gasteiger partial charge in [0, 0.05) is 23.8 Å². The molecular weight excluding hydrogens is 263 g/mol. The molecule has 0 atom stereocenters. The van der Waals surface area contributed by atoms with Crippen LogP contribution in [0.2, 0.25) is 0 Å². The van der Waals surface area contributed by atoms with Crippen LogP contribution in [0.25, 0.3) is 0 Å². The summed E-state index contributed by atoms with van der Waals surface area (Å²) in [6.45, 7) is 10.0. The zero-order valence-electron chi connectivity index (χ0n) is 11.1. The lowest BCUT2D eigenvalue weighted by molar-refractivity contribution is 0.461. The van der Waals surface area contributed by atoms with Crippen LogP contribution in [-0.2, 0) is 4.57 Å². The molecule has 0 aromatic heterocycles. The van der Waals surface area contributed by atoms with E-state index in [1.54, 1.807) is 26.0 Å². The fourth-order valence-electron chi connectivity index (χ4n) is 1.04. The molecule has 0 saturated carbocycles. The van der Waals surface area contributed by atoms with Gasteiger partial charge in [-0.2, -0.15) is 0 Å². The van der Waals surface area contributed by atoms with Crippen LogP contribution in [0.4, 0.5) is 0 Å². The Labute approximate surface area is 113 Å². The normalized spacial score (nSPS) is 16.4. The predicted molar refractivity (Wildman–Crippen MR) is 81.0 cm³/mol. The number of aliphatic imine (C=N–C) groups is 2. The van der Waals surface area contributed by atoms with Crippen molar-refractivity contribution in [3.8, 4) is 0 Å². The van der Waals surface area contributed by atoms with E-state index in [-0.39, 0.29) is 0 Å². The molecule has 0 unspecified atom stereocenters. The van der Waals surface area contributed by atoms with Crippen molar-refractivity contribution in [1.82, 2.24) is 10.2 Å². The molecule has 0 aliphatic carbocycles. The van der Waals surface area contributed by atoms with E-state index in [1.165, 1.54) is 24.6 Å². The quantitative estimate of drug-likeness (QED) is 0.363. The lowest BCUT2D eigenvalue weighted by Crippen LogP contribution is -2.20. The first-order chi connectivity index (χ1) is 8.99. The van der Waals surface area contributed by atoms with Crippen LogP contribution >= 0.6 is 7.67 Å². The van der Waals surface area contributed by atoms with Crippen LogP contribution in [0.3, 0.4) is 0 Å². The average Bonchev–Trinajstić information content (AvgIpc) is 2.39. The summed E-state index contributed by atoms with van der Waals surface area (Å²) in [5.74, 6) is 0. The molecule has 0 radical (unpaired) electrons. The van der Waals surface area contributed by atoms with E-state index in [9.17, 15) is 9.46 Å². The maximum Gasteiger partial charge on any atom is 0.389 e. The summed E-state index contributed by atoms with van der Waals surface area (Å²) in [5.41, 5.74) is 0.902. The predicted octanol–water partition coefficient (Wildman–Crippen LogP) is 2.50. The first-order valence-electron chi connectivity index (χ1n) is 5.45. The van der Waals surface area contributed by atoms with Gasteiger partial charge in [0.05, 0.1) is 0 Å². The Morgan fingerprint density at radius 2 is 1.42 bits per heavy atom. The molecular formula is C12H19N4O2P. The Morgan fingerprint density at radius 1 is 1.05 bits per heavy atom. The second-order valence-electron chi connectivity index (χ2n) is 3.28. The summed E-state index contributed by atoms with van der Waals surface area (Å²) >= 11 is 0. The average molecular weight is 282 g/mol. The third-order valence-electron chi connectivity index (χ3n) is 1.90. The Kier molecular flexibility index (Phi) is 8.17. The Balaban J connectivity index is 4.84. The van der Waals surface area contributed by atoms with E-state index in [2.05, 4.69) is 33.6 Å². The number of hydrogen-bond donors (Lipinski definition) is 3.